The van der Waals surface area contributed by atoms with Gasteiger partial charge in [-0.25, -0.2) is 0 Å². The van der Waals surface area contributed by atoms with Crippen LogP contribution in [-0.2, 0) is 4.79 Å². The summed E-state index contributed by atoms with van der Waals surface area (Å²) in [5.74, 6) is -0.194. The molecule has 0 aliphatic rings. The van der Waals surface area contributed by atoms with E-state index in [1.165, 1.54) is 0 Å². The standard InChI is InChI=1S/C27H46N2O10/c1-4-7-12-37-20-15-18(16-21(38-13-8-5-2)25(20)39-14-9-6-3)26(35)28-10-11-29-27(36)24(34)23(33)22(32)19(31)17-30/h15-16,19,22-24,30-34H,4-14,17H2,1-3H3,(H,28,35)(H,29,36)/t19-,22-,23+,24-/m1/s1. The Morgan fingerprint density at radius 2 is 1.26 bits per heavy atom. The third-order valence-corrected chi connectivity index (χ3v) is 5.77. The second-order valence-corrected chi connectivity index (χ2v) is 9.13. The summed E-state index contributed by atoms with van der Waals surface area (Å²) in [4.78, 5) is 25.0. The third-order valence-electron chi connectivity index (χ3n) is 5.77. The SMILES string of the molecule is CCCCOc1cc(C(=O)NCCNC(=O)[C@H](O)[C@@H](O)[C@H](O)[C@H](O)CO)cc(OCCCC)c1OCCCC. The van der Waals surface area contributed by atoms with Crippen molar-refractivity contribution in [1.82, 2.24) is 10.6 Å². The van der Waals surface area contributed by atoms with Crippen molar-refractivity contribution >= 4 is 11.8 Å². The van der Waals surface area contributed by atoms with Crippen molar-refractivity contribution in [3.63, 3.8) is 0 Å². The average molecular weight is 559 g/mol. The first-order valence-electron chi connectivity index (χ1n) is 13.7. The molecule has 1 aromatic carbocycles. The molecule has 4 atom stereocenters. The van der Waals surface area contributed by atoms with E-state index in [1.54, 1.807) is 12.1 Å². The predicted molar refractivity (Wildman–Crippen MR) is 144 cm³/mol. The van der Waals surface area contributed by atoms with E-state index in [1.807, 2.05) is 13.8 Å². The first-order chi connectivity index (χ1) is 18.7. The number of amides is 2. The minimum absolute atomic E-state index is 0.0119. The molecule has 1 aromatic rings. The molecule has 0 unspecified atom stereocenters. The Morgan fingerprint density at radius 3 is 1.74 bits per heavy atom. The van der Waals surface area contributed by atoms with Crippen LogP contribution in [0.15, 0.2) is 12.1 Å². The molecule has 224 valence electrons. The molecule has 0 saturated carbocycles. The van der Waals surface area contributed by atoms with Gasteiger partial charge in [0.2, 0.25) is 5.75 Å². The second-order valence-electron chi connectivity index (χ2n) is 9.13. The Bertz CT molecular complexity index is 823. The Labute approximate surface area is 230 Å². The van der Waals surface area contributed by atoms with Gasteiger partial charge in [0, 0.05) is 18.7 Å². The van der Waals surface area contributed by atoms with Gasteiger partial charge in [0.15, 0.2) is 17.6 Å². The topological polar surface area (TPSA) is 187 Å². The monoisotopic (exact) mass is 558 g/mol. The van der Waals surface area contributed by atoms with Crippen molar-refractivity contribution in [3.05, 3.63) is 17.7 Å². The van der Waals surface area contributed by atoms with Gasteiger partial charge >= 0.3 is 0 Å². The Hall–Kier alpha value is -2.64. The van der Waals surface area contributed by atoms with E-state index in [2.05, 4.69) is 17.6 Å². The zero-order chi connectivity index (χ0) is 29.2. The van der Waals surface area contributed by atoms with Crippen LogP contribution in [0, 0.1) is 0 Å². The van der Waals surface area contributed by atoms with Crippen LogP contribution in [0.2, 0.25) is 0 Å². The maximum Gasteiger partial charge on any atom is 0.251 e. The summed E-state index contributed by atoms with van der Waals surface area (Å²) in [6, 6.07) is 3.18. The number of aliphatic hydroxyl groups excluding tert-OH is 5. The lowest BCUT2D eigenvalue weighted by Gasteiger charge is -2.24. The number of carbonyl (C=O) groups is 2. The van der Waals surface area contributed by atoms with Gasteiger partial charge in [-0.2, -0.15) is 0 Å². The van der Waals surface area contributed by atoms with E-state index >= 15 is 0 Å². The number of hydrogen-bond donors (Lipinski definition) is 7. The molecule has 0 fully saturated rings. The zero-order valence-electron chi connectivity index (χ0n) is 23.2. The normalized spacial score (nSPS) is 14.2. The van der Waals surface area contributed by atoms with Crippen molar-refractivity contribution in [2.45, 2.75) is 83.7 Å². The van der Waals surface area contributed by atoms with E-state index in [0.717, 1.165) is 38.5 Å². The van der Waals surface area contributed by atoms with E-state index in [0.29, 0.717) is 37.1 Å². The fraction of sp³-hybridized carbons (Fsp3) is 0.704. The van der Waals surface area contributed by atoms with Crippen LogP contribution in [0.5, 0.6) is 17.2 Å². The van der Waals surface area contributed by atoms with Gasteiger partial charge in [-0.05, 0) is 31.4 Å². The first kappa shape index (κ1) is 34.4. The summed E-state index contributed by atoms with van der Waals surface area (Å²) < 4.78 is 17.9. The summed E-state index contributed by atoms with van der Waals surface area (Å²) >= 11 is 0. The number of benzene rings is 1. The lowest BCUT2D eigenvalue weighted by molar-refractivity contribution is -0.148. The van der Waals surface area contributed by atoms with Gasteiger partial charge in [0.1, 0.15) is 18.3 Å². The molecule has 2 amide bonds. The highest BCUT2D eigenvalue weighted by atomic mass is 16.5. The quantitative estimate of drug-likeness (QED) is 0.105. The van der Waals surface area contributed by atoms with Gasteiger partial charge in [-0.15, -0.1) is 0 Å². The lowest BCUT2D eigenvalue weighted by Crippen LogP contribution is -2.52. The molecule has 7 N–H and O–H groups in total. The fourth-order valence-corrected chi connectivity index (χ4v) is 3.28. The lowest BCUT2D eigenvalue weighted by atomic mass is 10.0. The largest absolute Gasteiger partial charge is 0.490 e. The minimum Gasteiger partial charge on any atom is -0.490 e. The van der Waals surface area contributed by atoms with Gasteiger partial charge < -0.3 is 50.4 Å². The van der Waals surface area contributed by atoms with E-state index in [4.69, 9.17) is 19.3 Å². The van der Waals surface area contributed by atoms with Crippen LogP contribution in [-0.4, -0.2) is 101 Å². The van der Waals surface area contributed by atoms with Crippen LogP contribution in [0.1, 0.15) is 69.7 Å². The first-order valence-corrected chi connectivity index (χ1v) is 13.7. The van der Waals surface area contributed by atoms with E-state index in [9.17, 15) is 30.0 Å². The number of ether oxygens (including phenoxy) is 3. The molecule has 0 radical (unpaired) electrons. The van der Waals surface area contributed by atoms with Crippen molar-refractivity contribution in [1.29, 1.82) is 0 Å². The highest BCUT2D eigenvalue weighted by molar-refractivity contribution is 5.95. The number of nitrogens with one attached hydrogen (secondary N) is 2. The van der Waals surface area contributed by atoms with Gasteiger partial charge in [-0.3, -0.25) is 9.59 Å². The smallest absolute Gasteiger partial charge is 0.251 e. The van der Waals surface area contributed by atoms with Crippen molar-refractivity contribution < 1.29 is 49.3 Å². The number of rotatable bonds is 21. The summed E-state index contributed by atoms with van der Waals surface area (Å²) in [5.41, 5.74) is 0.277. The van der Waals surface area contributed by atoms with E-state index < -0.39 is 42.8 Å². The van der Waals surface area contributed by atoms with Gasteiger partial charge in [0.05, 0.1) is 26.4 Å². The fourth-order valence-electron chi connectivity index (χ4n) is 3.28. The zero-order valence-corrected chi connectivity index (χ0v) is 23.2. The molecule has 0 aliphatic carbocycles. The Balaban J connectivity index is 2.90. The maximum atomic E-state index is 12.9. The number of carbonyl (C=O) groups excluding carboxylic acids is 2. The van der Waals surface area contributed by atoms with Crippen molar-refractivity contribution in [3.8, 4) is 17.2 Å². The molecule has 1 rings (SSSR count). The summed E-state index contributed by atoms with van der Waals surface area (Å²) in [6.07, 6.45) is -2.39. The van der Waals surface area contributed by atoms with Gasteiger partial charge in [-0.1, -0.05) is 40.0 Å². The third kappa shape index (κ3) is 12.0. The maximum absolute atomic E-state index is 12.9. The molecular weight excluding hydrogens is 512 g/mol. The molecule has 0 aromatic heterocycles. The second kappa shape index (κ2) is 19.4. The highest BCUT2D eigenvalue weighted by Gasteiger charge is 2.34. The van der Waals surface area contributed by atoms with E-state index in [-0.39, 0.29) is 18.7 Å². The number of hydrogen-bond acceptors (Lipinski definition) is 10. The molecule has 0 spiro atoms. The predicted octanol–water partition coefficient (Wildman–Crippen LogP) is 0.505. The molecule has 0 saturated heterocycles. The summed E-state index contributed by atoms with van der Waals surface area (Å²) in [5, 5.41) is 52.5. The van der Waals surface area contributed by atoms with Crippen LogP contribution >= 0.6 is 0 Å². The van der Waals surface area contributed by atoms with Crippen LogP contribution in [0.3, 0.4) is 0 Å². The molecular formula is C27H46N2O10. The molecule has 12 heteroatoms. The molecule has 0 heterocycles. The number of aliphatic hydroxyl groups is 5. The number of unbranched alkanes of at least 4 members (excludes halogenated alkanes) is 3. The van der Waals surface area contributed by atoms with Gasteiger partial charge in [0.25, 0.3) is 11.8 Å². The molecule has 12 nitrogen and oxygen atoms in total. The molecule has 0 aliphatic heterocycles. The summed E-state index contributed by atoms with van der Waals surface area (Å²) in [6.45, 7) is 6.56. The Morgan fingerprint density at radius 1 is 0.769 bits per heavy atom. The van der Waals surface area contributed by atoms with Crippen LogP contribution < -0.4 is 24.8 Å². The molecule has 0 bridgehead atoms. The van der Waals surface area contributed by atoms with Crippen molar-refractivity contribution in [2.75, 3.05) is 39.5 Å². The van der Waals surface area contributed by atoms with Crippen LogP contribution in [0.4, 0.5) is 0 Å². The minimum atomic E-state index is -2.05. The highest BCUT2D eigenvalue weighted by Crippen LogP contribution is 2.39. The van der Waals surface area contributed by atoms with Crippen LogP contribution in [0.25, 0.3) is 0 Å². The Kier molecular flexibility index (Phi) is 17.1. The average Bonchev–Trinajstić information content (AvgIpc) is 2.94. The summed E-state index contributed by atoms with van der Waals surface area (Å²) in [7, 11) is 0. The molecule has 39 heavy (non-hydrogen) atoms. The van der Waals surface area contributed by atoms with Crippen molar-refractivity contribution in [2.24, 2.45) is 0 Å².